The summed E-state index contributed by atoms with van der Waals surface area (Å²) in [7, 11) is 1.46. The lowest BCUT2D eigenvalue weighted by Crippen LogP contribution is -2.42. The molecule has 2 heterocycles. The van der Waals surface area contributed by atoms with Crippen molar-refractivity contribution >= 4 is 22.4 Å². The van der Waals surface area contributed by atoms with Crippen LogP contribution < -0.4 is 10.1 Å². The van der Waals surface area contributed by atoms with Crippen LogP contribution in [0, 0.1) is 5.82 Å². The van der Waals surface area contributed by atoms with Crippen molar-refractivity contribution in [1.29, 1.82) is 0 Å². The summed E-state index contributed by atoms with van der Waals surface area (Å²) >= 11 is 1.48. The van der Waals surface area contributed by atoms with Crippen LogP contribution in [0.4, 0.5) is 9.52 Å². The van der Waals surface area contributed by atoms with Crippen LogP contribution in [-0.2, 0) is 22.5 Å². The van der Waals surface area contributed by atoms with E-state index >= 15 is 0 Å². The fraction of sp³-hybridized carbons (Fsp3) is 0.444. The predicted molar refractivity (Wildman–Crippen MR) is 98.1 cm³/mol. The number of hydrogen-bond donors (Lipinski definition) is 1. The van der Waals surface area contributed by atoms with Gasteiger partial charge in [-0.3, -0.25) is 9.69 Å². The number of aromatic nitrogens is 1. The van der Waals surface area contributed by atoms with E-state index in [1.54, 1.807) is 18.3 Å². The monoisotopic (exact) mass is 379 g/mol. The summed E-state index contributed by atoms with van der Waals surface area (Å²) < 4.78 is 24.4. The van der Waals surface area contributed by atoms with Gasteiger partial charge in [0.1, 0.15) is 0 Å². The molecule has 1 amide bonds. The topological polar surface area (TPSA) is 63.7 Å². The van der Waals surface area contributed by atoms with E-state index in [9.17, 15) is 9.18 Å². The highest BCUT2D eigenvalue weighted by molar-refractivity contribution is 7.15. The summed E-state index contributed by atoms with van der Waals surface area (Å²) in [5.41, 5.74) is 0.987. The number of amides is 1. The predicted octanol–water partition coefficient (Wildman–Crippen LogP) is 2.69. The molecule has 0 saturated carbocycles. The average Bonchev–Trinajstić information content (AvgIpc) is 3.03. The van der Waals surface area contributed by atoms with Gasteiger partial charge >= 0.3 is 0 Å². The van der Waals surface area contributed by atoms with Gasteiger partial charge in [0.25, 0.3) is 0 Å². The second kappa shape index (κ2) is 8.57. The Balaban J connectivity index is 1.57. The zero-order valence-electron chi connectivity index (χ0n) is 14.8. The molecule has 1 aromatic carbocycles. The molecule has 6 nitrogen and oxygen atoms in total. The standard InChI is InChI=1S/C18H22FN3O3S/c1-12(23)21-18-20-9-15(26-18)11-22-5-6-25-14(10-22)7-13-3-4-16(19)17(8-13)24-2/h3-4,8-9,14H,5-7,10-11H2,1-2H3,(H,20,21,23)/t14-/m1/s1. The molecule has 3 rings (SSSR count). The van der Waals surface area contributed by atoms with Gasteiger partial charge in [0.15, 0.2) is 16.7 Å². The summed E-state index contributed by atoms with van der Waals surface area (Å²) in [6.07, 6.45) is 2.54. The second-order valence-corrected chi connectivity index (χ2v) is 7.33. The summed E-state index contributed by atoms with van der Waals surface area (Å²) in [5.74, 6) is -0.222. The molecule has 2 aromatic rings. The Labute approximate surface area is 155 Å². The van der Waals surface area contributed by atoms with Gasteiger partial charge < -0.3 is 14.8 Å². The Morgan fingerprint density at radius 3 is 3.15 bits per heavy atom. The minimum Gasteiger partial charge on any atom is -0.494 e. The van der Waals surface area contributed by atoms with E-state index in [0.717, 1.165) is 30.1 Å². The largest absolute Gasteiger partial charge is 0.494 e. The Hall–Kier alpha value is -2.03. The molecule has 1 saturated heterocycles. The van der Waals surface area contributed by atoms with Gasteiger partial charge in [0, 0.05) is 44.1 Å². The minimum absolute atomic E-state index is 0.0432. The number of ether oxygens (including phenoxy) is 2. The number of nitrogens with zero attached hydrogens (tertiary/aromatic N) is 2. The SMILES string of the molecule is COc1cc(C[C@@H]2CN(Cc3cnc(NC(C)=O)s3)CCO2)ccc1F. The molecule has 140 valence electrons. The fourth-order valence-electron chi connectivity index (χ4n) is 2.95. The number of rotatable bonds is 6. The van der Waals surface area contributed by atoms with Gasteiger partial charge in [-0.05, 0) is 17.7 Å². The molecule has 0 spiro atoms. The third kappa shape index (κ3) is 5.00. The number of methoxy groups -OCH3 is 1. The van der Waals surface area contributed by atoms with Crippen LogP contribution in [0.2, 0.25) is 0 Å². The number of morpholine rings is 1. The number of halogens is 1. The van der Waals surface area contributed by atoms with Crippen LogP contribution >= 0.6 is 11.3 Å². The van der Waals surface area contributed by atoms with Crippen LogP contribution in [0.15, 0.2) is 24.4 Å². The summed E-state index contributed by atoms with van der Waals surface area (Å²) in [4.78, 5) is 18.7. The molecule has 26 heavy (non-hydrogen) atoms. The molecule has 8 heteroatoms. The molecule has 1 aromatic heterocycles. The highest BCUT2D eigenvalue weighted by Gasteiger charge is 2.22. The quantitative estimate of drug-likeness (QED) is 0.836. The molecule has 0 unspecified atom stereocenters. The van der Waals surface area contributed by atoms with Gasteiger partial charge in [-0.1, -0.05) is 6.07 Å². The second-order valence-electron chi connectivity index (χ2n) is 6.21. The summed E-state index contributed by atoms with van der Waals surface area (Å²) in [5, 5.41) is 3.32. The van der Waals surface area contributed by atoms with Crippen molar-refractivity contribution in [3.8, 4) is 5.75 Å². The van der Waals surface area contributed by atoms with Crippen molar-refractivity contribution in [2.45, 2.75) is 26.0 Å². The van der Waals surface area contributed by atoms with Crippen LogP contribution in [0.3, 0.4) is 0 Å². The number of carbonyl (C=O) groups is 1. The number of anilines is 1. The van der Waals surface area contributed by atoms with Crippen molar-refractivity contribution in [3.05, 3.63) is 40.7 Å². The van der Waals surface area contributed by atoms with Gasteiger partial charge in [0.05, 0.1) is 19.8 Å². The van der Waals surface area contributed by atoms with Gasteiger partial charge in [-0.15, -0.1) is 11.3 Å². The Bertz CT molecular complexity index is 768. The normalized spacial score (nSPS) is 17.9. The van der Waals surface area contributed by atoms with E-state index < -0.39 is 0 Å². The van der Waals surface area contributed by atoms with Gasteiger partial charge in [-0.2, -0.15) is 0 Å². The van der Waals surface area contributed by atoms with E-state index in [0.29, 0.717) is 18.2 Å². The number of nitrogens with one attached hydrogen (secondary N) is 1. The maximum Gasteiger partial charge on any atom is 0.223 e. The highest BCUT2D eigenvalue weighted by Crippen LogP contribution is 2.23. The van der Waals surface area contributed by atoms with E-state index in [1.165, 1.54) is 31.4 Å². The molecule has 0 radical (unpaired) electrons. The zero-order valence-corrected chi connectivity index (χ0v) is 15.6. The van der Waals surface area contributed by atoms with Crippen molar-refractivity contribution in [1.82, 2.24) is 9.88 Å². The van der Waals surface area contributed by atoms with E-state index in [1.807, 2.05) is 0 Å². The molecule has 0 bridgehead atoms. The zero-order chi connectivity index (χ0) is 18.5. The number of benzene rings is 1. The Morgan fingerprint density at radius 2 is 2.38 bits per heavy atom. The molecule has 1 aliphatic rings. The summed E-state index contributed by atoms with van der Waals surface area (Å²) in [6.45, 7) is 4.52. The van der Waals surface area contributed by atoms with Crippen molar-refractivity contribution < 1.29 is 18.7 Å². The first-order valence-corrected chi connectivity index (χ1v) is 9.24. The van der Waals surface area contributed by atoms with Gasteiger partial charge in [0.2, 0.25) is 5.91 Å². The van der Waals surface area contributed by atoms with Crippen molar-refractivity contribution in [2.24, 2.45) is 0 Å². The molecule has 1 atom stereocenters. The van der Waals surface area contributed by atoms with Gasteiger partial charge in [-0.25, -0.2) is 9.37 Å². The van der Waals surface area contributed by atoms with E-state index in [-0.39, 0.29) is 23.6 Å². The van der Waals surface area contributed by atoms with Crippen LogP contribution in [0.1, 0.15) is 17.4 Å². The average molecular weight is 379 g/mol. The molecule has 1 fully saturated rings. The number of carbonyl (C=O) groups excluding carboxylic acids is 1. The third-order valence-electron chi connectivity index (χ3n) is 4.12. The number of thiazole rings is 1. The first-order chi connectivity index (χ1) is 12.5. The lowest BCUT2D eigenvalue weighted by Gasteiger charge is -2.32. The van der Waals surface area contributed by atoms with Crippen LogP contribution in [-0.4, -0.2) is 48.7 Å². The smallest absolute Gasteiger partial charge is 0.223 e. The molecule has 1 aliphatic heterocycles. The number of hydrogen-bond acceptors (Lipinski definition) is 6. The van der Waals surface area contributed by atoms with E-state index in [4.69, 9.17) is 9.47 Å². The van der Waals surface area contributed by atoms with Crippen molar-refractivity contribution in [2.75, 3.05) is 32.1 Å². The van der Waals surface area contributed by atoms with Crippen LogP contribution in [0.25, 0.3) is 0 Å². The molecule has 0 aliphatic carbocycles. The summed E-state index contributed by atoms with van der Waals surface area (Å²) in [6, 6.07) is 4.92. The lowest BCUT2D eigenvalue weighted by atomic mass is 10.1. The third-order valence-corrected chi connectivity index (χ3v) is 5.02. The van der Waals surface area contributed by atoms with Crippen molar-refractivity contribution in [3.63, 3.8) is 0 Å². The first kappa shape index (κ1) is 18.8. The molecular weight excluding hydrogens is 357 g/mol. The fourth-order valence-corrected chi connectivity index (χ4v) is 3.85. The van der Waals surface area contributed by atoms with E-state index in [2.05, 4.69) is 15.2 Å². The highest BCUT2D eigenvalue weighted by atomic mass is 32.1. The first-order valence-electron chi connectivity index (χ1n) is 8.42. The minimum atomic E-state index is -0.359. The molecular formula is C18H22FN3O3S. The van der Waals surface area contributed by atoms with Crippen LogP contribution in [0.5, 0.6) is 5.75 Å². The molecule has 1 N–H and O–H groups in total. The maximum atomic E-state index is 13.5. The maximum absolute atomic E-state index is 13.5. The lowest BCUT2D eigenvalue weighted by molar-refractivity contribution is -0.114. The Kier molecular flexibility index (Phi) is 6.18. The Morgan fingerprint density at radius 1 is 1.54 bits per heavy atom.